The fraction of sp³-hybridized carbons (Fsp3) is 0.333. The molecule has 204 valence electrons. The molecular formula is C30H37N7O2. The summed E-state index contributed by atoms with van der Waals surface area (Å²) in [4.78, 5) is 22.9. The molecule has 1 fully saturated rings. The van der Waals surface area contributed by atoms with Crippen molar-refractivity contribution < 1.29 is 9.53 Å². The van der Waals surface area contributed by atoms with Crippen LogP contribution < -0.4 is 21.1 Å². The summed E-state index contributed by atoms with van der Waals surface area (Å²) in [5, 5.41) is 15.4. The van der Waals surface area contributed by atoms with Crippen molar-refractivity contribution in [1.29, 1.82) is 5.26 Å². The second-order valence-corrected chi connectivity index (χ2v) is 9.16. The lowest BCUT2D eigenvalue weighted by atomic mass is 9.96. The van der Waals surface area contributed by atoms with Crippen molar-refractivity contribution in [3.8, 4) is 22.9 Å². The summed E-state index contributed by atoms with van der Waals surface area (Å²) in [6.45, 7) is 13.3. The summed E-state index contributed by atoms with van der Waals surface area (Å²) in [6, 6.07) is 9.59. The number of nitrogens with one attached hydrogen (secondary N) is 2. The van der Waals surface area contributed by atoms with E-state index < -0.39 is 0 Å². The van der Waals surface area contributed by atoms with Crippen LogP contribution >= 0.6 is 0 Å². The Labute approximate surface area is 230 Å². The van der Waals surface area contributed by atoms with E-state index in [1.807, 2.05) is 37.3 Å². The first-order chi connectivity index (χ1) is 19.0. The molecule has 0 saturated carbocycles. The lowest BCUT2D eigenvalue weighted by Gasteiger charge is -2.32. The highest BCUT2D eigenvalue weighted by molar-refractivity contribution is 5.97. The molecule has 39 heavy (non-hydrogen) atoms. The number of aromatic nitrogens is 2. The van der Waals surface area contributed by atoms with Crippen LogP contribution in [-0.4, -0.2) is 53.5 Å². The second-order valence-electron chi connectivity index (χ2n) is 9.16. The quantitative estimate of drug-likeness (QED) is 0.151. The monoisotopic (exact) mass is 527 g/mol. The third-order valence-corrected chi connectivity index (χ3v) is 6.50. The highest BCUT2D eigenvalue weighted by Crippen LogP contribution is 2.32. The summed E-state index contributed by atoms with van der Waals surface area (Å²) in [7, 11) is 0. The molecule has 1 saturated heterocycles. The number of nitrogens with zero attached hydrogens (tertiary/aromatic N) is 4. The lowest BCUT2D eigenvalue weighted by molar-refractivity contribution is -0.117. The molecule has 4 N–H and O–H groups in total. The third kappa shape index (κ3) is 8.55. The maximum absolute atomic E-state index is 11.9. The van der Waals surface area contributed by atoms with Gasteiger partial charge in [-0.3, -0.25) is 4.79 Å². The van der Waals surface area contributed by atoms with Gasteiger partial charge in [-0.25, -0.2) is 9.97 Å². The van der Waals surface area contributed by atoms with Crippen LogP contribution in [0.5, 0.6) is 5.75 Å². The first-order valence-electron chi connectivity index (χ1n) is 13.2. The highest BCUT2D eigenvalue weighted by Gasteiger charge is 2.20. The van der Waals surface area contributed by atoms with Gasteiger partial charge in [0.1, 0.15) is 41.1 Å². The van der Waals surface area contributed by atoms with Gasteiger partial charge in [-0.05, 0) is 75.0 Å². The topological polar surface area (TPSA) is 129 Å². The molecule has 0 unspecified atom stereocenters. The lowest BCUT2D eigenvalue weighted by Crippen LogP contribution is -2.36. The van der Waals surface area contributed by atoms with E-state index in [2.05, 4.69) is 38.7 Å². The Bertz CT molecular complexity index is 1240. The number of likely N-dealkylation sites (tertiary alicyclic amines) is 1. The Morgan fingerprint density at radius 3 is 2.64 bits per heavy atom. The molecule has 9 nitrogen and oxygen atoms in total. The Hall–Kier alpha value is -4.42. The second kappa shape index (κ2) is 15.1. The van der Waals surface area contributed by atoms with Gasteiger partial charge < -0.3 is 26.0 Å². The number of amides is 1. The number of carbonyl (C=O) groups is 1. The van der Waals surface area contributed by atoms with Crippen LogP contribution in [0.4, 0.5) is 11.6 Å². The van der Waals surface area contributed by atoms with Crippen molar-refractivity contribution in [3.05, 3.63) is 79.4 Å². The third-order valence-electron chi connectivity index (χ3n) is 6.50. The van der Waals surface area contributed by atoms with E-state index in [4.69, 9.17) is 10.5 Å². The minimum atomic E-state index is -0.304. The molecule has 2 heterocycles. The number of hydrogen-bond donors (Lipinski definition) is 3. The van der Waals surface area contributed by atoms with Crippen LogP contribution in [0.3, 0.4) is 0 Å². The van der Waals surface area contributed by atoms with Crippen molar-refractivity contribution in [2.45, 2.75) is 26.2 Å². The zero-order valence-electron chi connectivity index (χ0n) is 22.5. The molecule has 0 atom stereocenters. The van der Waals surface area contributed by atoms with Gasteiger partial charge in [0.25, 0.3) is 5.91 Å². The van der Waals surface area contributed by atoms with E-state index in [1.54, 1.807) is 24.3 Å². The number of anilines is 2. The molecule has 0 bridgehead atoms. The van der Waals surface area contributed by atoms with Crippen molar-refractivity contribution >= 4 is 17.5 Å². The zero-order chi connectivity index (χ0) is 28.0. The van der Waals surface area contributed by atoms with Gasteiger partial charge in [-0.15, -0.1) is 0 Å². The average Bonchev–Trinajstić information content (AvgIpc) is 2.95. The van der Waals surface area contributed by atoms with Crippen molar-refractivity contribution in [1.82, 2.24) is 20.2 Å². The Morgan fingerprint density at radius 1 is 1.26 bits per heavy atom. The molecule has 1 aliphatic rings. The van der Waals surface area contributed by atoms with E-state index >= 15 is 0 Å². The van der Waals surface area contributed by atoms with Gasteiger partial charge in [0.15, 0.2) is 0 Å². The molecule has 0 radical (unpaired) electrons. The smallest absolute Gasteiger partial charge is 0.261 e. The van der Waals surface area contributed by atoms with Gasteiger partial charge in [0, 0.05) is 19.6 Å². The van der Waals surface area contributed by atoms with Crippen LogP contribution in [0.2, 0.25) is 0 Å². The number of hydrogen-bond acceptors (Lipinski definition) is 8. The molecule has 1 aliphatic heterocycles. The first kappa shape index (κ1) is 29.1. The van der Waals surface area contributed by atoms with Crippen molar-refractivity contribution in [2.75, 3.05) is 43.8 Å². The van der Waals surface area contributed by atoms with Crippen LogP contribution in [0, 0.1) is 17.2 Å². The standard InChI is InChI=1S/C30H37N7O2/c1-4-8-25(5-2)39-26-12-10-23(11-13-26)27-28(32)35-21-36-29(27)34-20-22-14-17-37(18-15-22)16-7-9-24(19-31)30(38)33-6-3/h4-5,8-13,21-22H,1-2,6-7,14-18,20H2,3H3,(H,33,38)(H3,32,34,35,36)/b24-9-,25-8+. The van der Waals surface area contributed by atoms with Crippen LogP contribution in [0.25, 0.3) is 11.1 Å². The number of rotatable bonds is 13. The largest absolute Gasteiger partial charge is 0.457 e. The highest BCUT2D eigenvalue weighted by atomic mass is 16.5. The summed E-state index contributed by atoms with van der Waals surface area (Å²) < 4.78 is 5.81. The first-order valence-corrected chi connectivity index (χ1v) is 13.2. The van der Waals surface area contributed by atoms with Gasteiger partial charge in [-0.2, -0.15) is 5.26 Å². The predicted octanol–water partition coefficient (Wildman–Crippen LogP) is 4.46. The number of benzene rings is 1. The van der Waals surface area contributed by atoms with E-state index in [1.165, 1.54) is 6.33 Å². The Morgan fingerprint density at radius 2 is 2.00 bits per heavy atom. The SMILES string of the molecule is C=C/C=C(\C=C)Oc1ccc(-c2c(N)ncnc2NCC2CCN(CC/C=C(/C#N)C(=O)NCC)CC2)cc1. The van der Waals surface area contributed by atoms with Gasteiger partial charge in [0.2, 0.25) is 0 Å². The maximum atomic E-state index is 11.9. The Kier molecular flexibility index (Phi) is 11.3. The number of carbonyl (C=O) groups excluding carboxylic acids is 1. The number of nitriles is 1. The van der Waals surface area contributed by atoms with E-state index in [0.717, 1.165) is 50.1 Å². The fourth-order valence-corrected chi connectivity index (χ4v) is 4.39. The van der Waals surface area contributed by atoms with Crippen LogP contribution in [0.1, 0.15) is 26.2 Å². The normalized spacial score (nSPS) is 14.8. The van der Waals surface area contributed by atoms with Crippen molar-refractivity contribution in [3.63, 3.8) is 0 Å². The van der Waals surface area contributed by atoms with E-state index in [-0.39, 0.29) is 11.5 Å². The molecule has 0 aliphatic carbocycles. The molecular weight excluding hydrogens is 490 g/mol. The summed E-state index contributed by atoms with van der Waals surface area (Å²) in [5.41, 5.74) is 8.10. The van der Waals surface area contributed by atoms with Crippen molar-refractivity contribution in [2.24, 2.45) is 5.92 Å². The van der Waals surface area contributed by atoms with Crippen LogP contribution in [-0.2, 0) is 4.79 Å². The van der Waals surface area contributed by atoms with E-state index in [9.17, 15) is 10.1 Å². The molecule has 1 amide bonds. The van der Waals surface area contributed by atoms with Gasteiger partial charge in [-0.1, -0.05) is 37.4 Å². The maximum Gasteiger partial charge on any atom is 0.261 e. The summed E-state index contributed by atoms with van der Waals surface area (Å²) in [6.07, 6.45) is 11.0. The minimum Gasteiger partial charge on any atom is -0.457 e. The molecule has 1 aromatic heterocycles. The molecule has 0 spiro atoms. The summed E-state index contributed by atoms with van der Waals surface area (Å²) in [5.74, 6) is 2.59. The molecule has 2 aromatic rings. The molecule has 3 rings (SSSR count). The number of piperidine rings is 1. The zero-order valence-corrected chi connectivity index (χ0v) is 22.5. The van der Waals surface area contributed by atoms with Crippen LogP contribution in [0.15, 0.2) is 79.4 Å². The summed E-state index contributed by atoms with van der Waals surface area (Å²) >= 11 is 0. The molecule has 9 heteroatoms. The minimum absolute atomic E-state index is 0.184. The molecule has 1 aromatic carbocycles. The number of ether oxygens (including phenoxy) is 1. The fourth-order valence-electron chi connectivity index (χ4n) is 4.39. The number of nitrogen functional groups attached to an aromatic ring is 1. The number of nitrogens with two attached hydrogens (primary N) is 1. The number of likely N-dealkylation sites (N-methyl/N-ethyl adjacent to an activating group) is 1. The predicted molar refractivity (Wildman–Crippen MR) is 156 cm³/mol. The van der Waals surface area contributed by atoms with E-state index in [0.29, 0.717) is 42.0 Å². The Balaban J connectivity index is 1.55. The average molecular weight is 528 g/mol. The van der Waals surface area contributed by atoms with Gasteiger partial charge in [0.05, 0.1) is 5.56 Å². The number of allylic oxidation sites excluding steroid dienone is 3. The van der Waals surface area contributed by atoms with Gasteiger partial charge >= 0.3 is 0 Å².